The zero-order chi connectivity index (χ0) is 31.4. The molecule has 0 saturated carbocycles. The van der Waals surface area contributed by atoms with Crippen LogP contribution >= 0.6 is 11.3 Å². The normalized spacial score (nSPS) is 11.4. The first-order chi connectivity index (χ1) is 21.1. The Hall–Kier alpha value is -5.61. The van der Waals surface area contributed by atoms with Gasteiger partial charge < -0.3 is 15.2 Å². The summed E-state index contributed by atoms with van der Waals surface area (Å²) in [5.41, 5.74) is 2.65. The Bertz CT molecular complexity index is 2030. The molecule has 0 aliphatic rings. The number of fused-ring (bicyclic) bond motifs is 1. The number of hydrogen-bond donors (Lipinski definition) is 4. The molecule has 224 valence electrons. The summed E-state index contributed by atoms with van der Waals surface area (Å²) in [5, 5.41) is 27.3. The van der Waals surface area contributed by atoms with E-state index in [1.807, 2.05) is 0 Å². The highest BCUT2D eigenvalue weighted by Crippen LogP contribution is 2.38. The van der Waals surface area contributed by atoms with Crippen LogP contribution in [-0.2, 0) is 10.0 Å². The lowest BCUT2D eigenvalue weighted by atomic mass is 10.2. The van der Waals surface area contributed by atoms with Crippen LogP contribution in [0.3, 0.4) is 0 Å². The zero-order valence-electron chi connectivity index (χ0n) is 22.5. The minimum absolute atomic E-state index is 0.0378. The third-order valence-corrected chi connectivity index (χ3v) is 8.56. The first kappa shape index (κ1) is 29.9. The van der Waals surface area contributed by atoms with E-state index in [1.165, 1.54) is 61.9 Å². The number of carbonyl (C=O) groups excluding carboxylic acids is 1. The van der Waals surface area contributed by atoms with Gasteiger partial charge in [0.15, 0.2) is 5.13 Å². The molecule has 1 aromatic heterocycles. The van der Waals surface area contributed by atoms with E-state index >= 15 is 0 Å². The van der Waals surface area contributed by atoms with Crippen molar-refractivity contribution >= 4 is 65.9 Å². The van der Waals surface area contributed by atoms with E-state index in [0.717, 1.165) is 23.5 Å². The number of nitro groups is 1. The molecule has 0 aliphatic carbocycles. The fourth-order valence-corrected chi connectivity index (χ4v) is 6.21. The molecule has 0 spiro atoms. The van der Waals surface area contributed by atoms with Crippen molar-refractivity contribution < 1.29 is 32.4 Å². The topological polar surface area (TPSA) is 185 Å². The van der Waals surface area contributed by atoms with Gasteiger partial charge in [-0.1, -0.05) is 23.5 Å². The molecule has 0 unspecified atom stereocenters. The number of ether oxygens (including phenoxy) is 1. The molecule has 0 atom stereocenters. The van der Waals surface area contributed by atoms with E-state index < -0.39 is 26.7 Å². The lowest BCUT2D eigenvalue weighted by Gasteiger charge is -2.10. The van der Waals surface area contributed by atoms with Crippen LogP contribution < -0.4 is 20.2 Å². The van der Waals surface area contributed by atoms with Crippen LogP contribution in [0.2, 0.25) is 0 Å². The zero-order valence-corrected chi connectivity index (χ0v) is 24.1. The summed E-state index contributed by atoms with van der Waals surface area (Å²) in [6, 6.07) is 17.8. The highest BCUT2D eigenvalue weighted by molar-refractivity contribution is 7.93. The number of nitrogens with one attached hydrogen (secondary N) is 3. The average molecular weight is 637 g/mol. The second-order valence-electron chi connectivity index (χ2n) is 8.95. The maximum atomic E-state index is 14.9. The van der Waals surface area contributed by atoms with Crippen molar-refractivity contribution in [1.29, 1.82) is 0 Å². The number of methoxy groups -OCH3 is 1. The number of amides is 1. The van der Waals surface area contributed by atoms with Gasteiger partial charge in [-0.05, 0) is 66.2 Å². The van der Waals surface area contributed by atoms with Crippen molar-refractivity contribution in [2.45, 2.75) is 4.90 Å². The number of nitrogens with zero attached hydrogens (tertiary/aromatic N) is 3. The summed E-state index contributed by atoms with van der Waals surface area (Å²) in [6.45, 7) is 0. The number of phenols is 1. The highest BCUT2D eigenvalue weighted by atomic mass is 32.2. The predicted octanol–water partition coefficient (Wildman–Crippen LogP) is 5.37. The molecule has 5 aromatic rings. The van der Waals surface area contributed by atoms with Crippen LogP contribution in [0.15, 0.2) is 88.9 Å². The average Bonchev–Trinajstić information content (AvgIpc) is 3.41. The summed E-state index contributed by atoms with van der Waals surface area (Å²) >= 11 is 0.809. The van der Waals surface area contributed by atoms with Gasteiger partial charge in [0.1, 0.15) is 23.0 Å². The lowest BCUT2D eigenvalue weighted by Crippen LogP contribution is -2.20. The van der Waals surface area contributed by atoms with E-state index in [4.69, 9.17) is 4.74 Å². The standard InChI is InChI=1S/C28H21FN6O7S2/c1-42-24-13-10-18(14-19(24)27(37)33-30-15-16-6-8-17(36)9-7-16)44(40,41)34-28-32-22-12-11-20(29)25(26(22)43-28)31-21-4-2-3-5-23(21)35(38)39/h2-15,31,36H,1H3,(H,32,34)(H,33,37)/b30-15+. The van der Waals surface area contributed by atoms with Gasteiger partial charge in [-0.3, -0.25) is 19.6 Å². The Morgan fingerprint density at radius 2 is 1.86 bits per heavy atom. The number of hydrogen-bond acceptors (Lipinski definition) is 11. The van der Waals surface area contributed by atoms with Crippen LogP contribution in [0, 0.1) is 15.9 Å². The number of anilines is 3. The number of aromatic nitrogens is 1. The smallest absolute Gasteiger partial charge is 0.292 e. The first-order valence-corrected chi connectivity index (χ1v) is 14.8. The van der Waals surface area contributed by atoms with Gasteiger partial charge in [-0.15, -0.1) is 0 Å². The number of carbonyl (C=O) groups is 1. The molecule has 0 radical (unpaired) electrons. The van der Waals surface area contributed by atoms with Gasteiger partial charge in [0.25, 0.3) is 21.6 Å². The summed E-state index contributed by atoms with van der Waals surface area (Å²) in [5.74, 6) is -1.33. The van der Waals surface area contributed by atoms with Crippen LogP contribution in [0.25, 0.3) is 10.2 Å². The molecule has 5 rings (SSSR count). The third-order valence-electron chi connectivity index (χ3n) is 6.09. The number of phenolic OH excluding ortho intramolecular Hbond substituents is 1. The molecule has 44 heavy (non-hydrogen) atoms. The quantitative estimate of drug-likeness (QED) is 0.0889. The molecule has 16 heteroatoms. The Morgan fingerprint density at radius 1 is 1.11 bits per heavy atom. The van der Waals surface area contributed by atoms with Gasteiger partial charge in [-0.2, -0.15) is 5.10 Å². The molecular weight excluding hydrogens is 615 g/mol. The molecule has 4 N–H and O–H groups in total. The number of hydrazone groups is 1. The van der Waals surface area contributed by atoms with Crippen LogP contribution in [-0.4, -0.2) is 42.7 Å². The summed E-state index contributed by atoms with van der Waals surface area (Å²) in [4.78, 5) is 27.6. The Kier molecular flexibility index (Phi) is 8.36. The van der Waals surface area contributed by atoms with Crippen LogP contribution in [0.1, 0.15) is 15.9 Å². The fraction of sp³-hybridized carbons (Fsp3) is 0.0357. The minimum Gasteiger partial charge on any atom is -0.508 e. The molecular formula is C28H21FN6O7S2. The SMILES string of the molecule is COc1ccc(S(=O)(=O)Nc2nc3ccc(F)c(Nc4ccccc4[N+](=O)[O-])c3s2)cc1C(=O)N/N=C/c1ccc(O)cc1. The number of sulfonamides is 1. The Balaban J connectivity index is 1.40. The molecule has 0 saturated heterocycles. The summed E-state index contributed by atoms with van der Waals surface area (Å²) < 4.78 is 49.3. The van der Waals surface area contributed by atoms with Crippen LogP contribution in [0.4, 0.5) is 26.6 Å². The van der Waals surface area contributed by atoms with Crippen molar-refractivity contribution in [1.82, 2.24) is 10.4 Å². The summed E-state index contributed by atoms with van der Waals surface area (Å²) in [6.07, 6.45) is 1.33. The van der Waals surface area contributed by atoms with Gasteiger partial charge in [0, 0.05) is 6.07 Å². The molecule has 1 heterocycles. The number of para-hydroxylation sites is 2. The molecule has 13 nitrogen and oxygen atoms in total. The number of aromatic hydroxyl groups is 1. The van der Waals surface area contributed by atoms with Crippen molar-refractivity contribution in [3.05, 3.63) is 106 Å². The van der Waals surface area contributed by atoms with Gasteiger partial charge in [0.05, 0.1) is 44.6 Å². The van der Waals surface area contributed by atoms with E-state index in [2.05, 4.69) is 25.6 Å². The first-order valence-electron chi connectivity index (χ1n) is 12.5. The molecule has 0 fully saturated rings. The number of nitro benzene ring substituents is 1. The monoisotopic (exact) mass is 636 g/mol. The molecule has 4 aromatic carbocycles. The van der Waals surface area contributed by atoms with Crippen LogP contribution in [0.5, 0.6) is 11.5 Å². The highest BCUT2D eigenvalue weighted by Gasteiger charge is 2.23. The fourth-order valence-electron chi connectivity index (χ4n) is 3.99. The van der Waals surface area contributed by atoms with E-state index in [9.17, 15) is 32.8 Å². The van der Waals surface area contributed by atoms with Gasteiger partial charge in [0.2, 0.25) is 0 Å². The third kappa shape index (κ3) is 6.40. The second kappa shape index (κ2) is 12.3. The van der Waals surface area contributed by atoms with Gasteiger partial charge >= 0.3 is 0 Å². The largest absolute Gasteiger partial charge is 0.508 e. The number of benzene rings is 4. The molecule has 0 aliphatic heterocycles. The number of thiazole rings is 1. The minimum atomic E-state index is -4.31. The predicted molar refractivity (Wildman–Crippen MR) is 163 cm³/mol. The molecule has 1 amide bonds. The van der Waals surface area contributed by atoms with Crippen molar-refractivity contribution in [2.24, 2.45) is 5.10 Å². The maximum Gasteiger partial charge on any atom is 0.292 e. The Labute approximate surface area is 252 Å². The van der Waals surface area contributed by atoms with E-state index in [-0.39, 0.29) is 54.4 Å². The lowest BCUT2D eigenvalue weighted by molar-refractivity contribution is -0.383. The van der Waals surface area contributed by atoms with Crippen molar-refractivity contribution in [2.75, 3.05) is 17.1 Å². The number of halogens is 1. The molecule has 0 bridgehead atoms. The Morgan fingerprint density at radius 3 is 2.59 bits per heavy atom. The van der Waals surface area contributed by atoms with E-state index in [0.29, 0.717) is 5.56 Å². The van der Waals surface area contributed by atoms with E-state index in [1.54, 1.807) is 18.2 Å². The maximum absolute atomic E-state index is 14.9. The number of rotatable bonds is 10. The van der Waals surface area contributed by atoms with Crippen molar-refractivity contribution in [3.63, 3.8) is 0 Å². The second-order valence-corrected chi connectivity index (χ2v) is 11.6. The summed E-state index contributed by atoms with van der Waals surface area (Å²) in [7, 11) is -3.00. The van der Waals surface area contributed by atoms with Crippen molar-refractivity contribution in [3.8, 4) is 11.5 Å². The van der Waals surface area contributed by atoms with Gasteiger partial charge in [-0.25, -0.2) is 23.2 Å².